The number of pyridine rings is 1. The summed E-state index contributed by atoms with van der Waals surface area (Å²) in [5, 5.41) is 0. The molecule has 1 saturated heterocycles. The van der Waals surface area contributed by atoms with Crippen molar-refractivity contribution < 1.29 is 13.2 Å². The number of sulfonamides is 1. The van der Waals surface area contributed by atoms with Crippen LogP contribution in [0.1, 0.15) is 30.4 Å². The van der Waals surface area contributed by atoms with Crippen LogP contribution in [0.5, 0.6) is 0 Å². The molecule has 1 saturated carbocycles. The van der Waals surface area contributed by atoms with Gasteiger partial charge in [0.2, 0.25) is 15.9 Å². The minimum absolute atomic E-state index is 0.0946. The van der Waals surface area contributed by atoms with Crippen LogP contribution >= 0.6 is 0 Å². The van der Waals surface area contributed by atoms with Crippen LogP contribution in [0.15, 0.2) is 53.7 Å². The number of benzene rings is 1. The van der Waals surface area contributed by atoms with E-state index in [0.717, 1.165) is 51.1 Å². The van der Waals surface area contributed by atoms with Gasteiger partial charge in [0, 0.05) is 57.6 Å². The zero-order valence-corrected chi connectivity index (χ0v) is 17.9. The zero-order chi connectivity index (χ0) is 21.0. The quantitative estimate of drug-likeness (QED) is 0.693. The first kappa shape index (κ1) is 21.0. The number of nitrogens with zero attached hydrogens (tertiary/aromatic N) is 3. The minimum Gasteiger partial charge on any atom is -0.340 e. The van der Waals surface area contributed by atoms with Gasteiger partial charge >= 0.3 is 0 Å². The van der Waals surface area contributed by atoms with Crippen LogP contribution in [0, 0.1) is 0 Å². The van der Waals surface area contributed by atoms with Gasteiger partial charge in [-0.2, -0.15) is 0 Å². The number of nitrogens with one attached hydrogen (secondary N) is 1. The molecule has 1 aliphatic carbocycles. The minimum atomic E-state index is -3.42. The molecule has 8 heteroatoms. The van der Waals surface area contributed by atoms with Gasteiger partial charge < -0.3 is 4.90 Å². The standard InChI is InChI=1S/C22H28N4O3S/c27-22(26-14-12-25(13-15-26)17-19-2-1-11-23-16-19)10-5-18-3-8-21(9-4-18)30(28,29)24-20-6-7-20/h1-4,8-9,11,16,20,24H,5-7,10,12-15,17H2. The number of hydrogen-bond donors (Lipinski definition) is 1. The van der Waals surface area contributed by atoms with Gasteiger partial charge in [-0.25, -0.2) is 13.1 Å². The van der Waals surface area contributed by atoms with E-state index in [2.05, 4.69) is 20.7 Å². The molecule has 1 aliphatic heterocycles. The summed E-state index contributed by atoms with van der Waals surface area (Å²) in [5.74, 6) is 0.156. The molecule has 0 atom stereocenters. The number of aryl methyl sites for hydroxylation is 1. The number of carbonyl (C=O) groups excluding carboxylic acids is 1. The van der Waals surface area contributed by atoms with Gasteiger partial charge in [-0.15, -0.1) is 0 Å². The molecule has 30 heavy (non-hydrogen) atoms. The lowest BCUT2D eigenvalue weighted by atomic mass is 10.1. The lowest BCUT2D eigenvalue weighted by molar-refractivity contribution is -0.133. The highest BCUT2D eigenvalue weighted by Crippen LogP contribution is 2.22. The van der Waals surface area contributed by atoms with Crippen molar-refractivity contribution in [2.45, 2.75) is 43.2 Å². The van der Waals surface area contributed by atoms with Gasteiger partial charge in [0.25, 0.3) is 0 Å². The maximum atomic E-state index is 12.6. The SMILES string of the molecule is O=C(CCc1ccc(S(=O)(=O)NC2CC2)cc1)N1CCN(Cc2cccnc2)CC1. The van der Waals surface area contributed by atoms with Gasteiger partial charge in [-0.3, -0.25) is 14.7 Å². The summed E-state index contributed by atoms with van der Waals surface area (Å²) in [6.45, 7) is 4.06. The van der Waals surface area contributed by atoms with E-state index in [0.29, 0.717) is 12.8 Å². The number of piperazine rings is 1. The second-order valence-corrected chi connectivity index (χ2v) is 9.77. The van der Waals surface area contributed by atoms with Crippen LogP contribution < -0.4 is 4.72 Å². The fourth-order valence-corrected chi connectivity index (χ4v) is 4.94. The molecule has 0 unspecified atom stereocenters. The van der Waals surface area contributed by atoms with E-state index in [1.54, 1.807) is 30.5 Å². The first-order valence-corrected chi connectivity index (χ1v) is 12.0. The molecule has 1 amide bonds. The zero-order valence-electron chi connectivity index (χ0n) is 17.0. The fourth-order valence-electron chi connectivity index (χ4n) is 3.64. The van der Waals surface area contributed by atoms with Crippen LogP contribution in [0.3, 0.4) is 0 Å². The van der Waals surface area contributed by atoms with Crippen molar-refractivity contribution in [2.24, 2.45) is 0 Å². The molecule has 2 aliphatic rings. The number of carbonyl (C=O) groups is 1. The van der Waals surface area contributed by atoms with Crippen LogP contribution in [-0.4, -0.2) is 61.3 Å². The second kappa shape index (κ2) is 9.24. The van der Waals surface area contributed by atoms with Gasteiger partial charge in [-0.05, 0) is 48.6 Å². The fraction of sp³-hybridized carbons (Fsp3) is 0.455. The summed E-state index contributed by atoms with van der Waals surface area (Å²) in [7, 11) is -3.42. The summed E-state index contributed by atoms with van der Waals surface area (Å²) >= 11 is 0. The molecule has 7 nitrogen and oxygen atoms in total. The normalized spacial score (nSPS) is 17.8. The molecule has 1 aromatic heterocycles. The predicted octanol–water partition coefficient (Wildman–Crippen LogP) is 1.80. The summed E-state index contributed by atoms with van der Waals surface area (Å²) < 4.78 is 27.1. The van der Waals surface area contributed by atoms with Crippen LogP contribution in [0.2, 0.25) is 0 Å². The molecule has 1 N–H and O–H groups in total. The smallest absolute Gasteiger partial charge is 0.240 e. The van der Waals surface area contributed by atoms with Crippen molar-refractivity contribution in [1.29, 1.82) is 0 Å². The Labute approximate surface area is 178 Å². The van der Waals surface area contributed by atoms with Crippen molar-refractivity contribution in [3.05, 3.63) is 59.9 Å². The largest absolute Gasteiger partial charge is 0.340 e. The van der Waals surface area contributed by atoms with E-state index in [4.69, 9.17) is 0 Å². The molecule has 0 radical (unpaired) electrons. The topological polar surface area (TPSA) is 82.6 Å². The molecule has 0 spiro atoms. The molecule has 4 rings (SSSR count). The molecule has 160 valence electrons. The summed E-state index contributed by atoms with van der Waals surface area (Å²) in [4.78, 5) is 21.3. The van der Waals surface area contributed by atoms with E-state index in [1.807, 2.05) is 17.2 Å². The molecule has 2 heterocycles. The first-order chi connectivity index (χ1) is 14.5. The third kappa shape index (κ3) is 5.65. The Morgan fingerprint density at radius 1 is 1.03 bits per heavy atom. The number of rotatable bonds is 8. The van der Waals surface area contributed by atoms with Crippen molar-refractivity contribution in [3.63, 3.8) is 0 Å². The van der Waals surface area contributed by atoms with Gasteiger partial charge in [0.05, 0.1) is 4.90 Å². The van der Waals surface area contributed by atoms with E-state index in [-0.39, 0.29) is 16.8 Å². The van der Waals surface area contributed by atoms with Crippen molar-refractivity contribution in [3.8, 4) is 0 Å². The van der Waals surface area contributed by atoms with E-state index in [9.17, 15) is 13.2 Å². The maximum Gasteiger partial charge on any atom is 0.240 e. The van der Waals surface area contributed by atoms with Crippen LogP contribution in [0.4, 0.5) is 0 Å². The van der Waals surface area contributed by atoms with Gasteiger partial charge in [0.15, 0.2) is 0 Å². The monoisotopic (exact) mass is 428 g/mol. The number of hydrogen-bond acceptors (Lipinski definition) is 5. The molecule has 0 bridgehead atoms. The average molecular weight is 429 g/mol. The highest BCUT2D eigenvalue weighted by atomic mass is 32.2. The third-order valence-electron chi connectivity index (χ3n) is 5.61. The van der Waals surface area contributed by atoms with Crippen molar-refractivity contribution >= 4 is 15.9 Å². The summed E-state index contributed by atoms with van der Waals surface area (Å²) in [6, 6.07) is 11.0. The molecular formula is C22H28N4O3S. The highest BCUT2D eigenvalue weighted by molar-refractivity contribution is 7.89. The number of amides is 1. The summed E-state index contributed by atoms with van der Waals surface area (Å²) in [6.07, 6.45) is 6.54. The Morgan fingerprint density at radius 3 is 2.40 bits per heavy atom. The van der Waals surface area contributed by atoms with Crippen LogP contribution in [-0.2, 0) is 27.8 Å². The number of aromatic nitrogens is 1. The van der Waals surface area contributed by atoms with Crippen molar-refractivity contribution in [2.75, 3.05) is 26.2 Å². The van der Waals surface area contributed by atoms with E-state index >= 15 is 0 Å². The lowest BCUT2D eigenvalue weighted by Gasteiger charge is -2.34. The average Bonchev–Trinajstić information content (AvgIpc) is 3.57. The molecule has 2 aromatic rings. The Balaban J connectivity index is 1.22. The maximum absolute atomic E-state index is 12.6. The first-order valence-electron chi connectivity index (χ1n) is 10.5. The van der Waals surface area contributed by atoms with Gasteiger partial charge in [-0.1, -0.05) is 18.2 Å². The second-order valence-electron chi connectivity index (χ2n) is 8.06. The van der Waals surface area contributed by atoms with E-state index < -0.39 is 10.0 Å². The summed E-state index contributed by atoms with van der Waals surface area (Å²) in [5.41, 5.74) is 2.17. The molecule has 2 fully saturated rings. The van der Waals surface area contributed by atoms with Crippen LogP contribution in [0.25, 0.3) is 0 Å². The Morgan fingerprint density at radius 2 is 1.77 bits per heavy atom. The predicted molar refractivity (Wildman–Crippen MR) is 114 cm³/mol. The van der Waals surface area contributed by atoms with Crippen molar-refractivity contribution in [1.82, 2.24) is 19.5 Å². The Kier molecular flexibility index (Phi) is 6.46. The highest BCUT2D eigenvalue weighted by Gasteiger charge is 2.28. The Bertz CT molecular complexity index is 952. The van der Waals surface area contributed by atoms with Gasteiger partial charge in [0.1, 0.15) is 0 Å². The molecular weight excluding hydrogens is 400 g/mol. The Hall–Kier alpha value is -2.29. The lowest BCUT2D eigenvalue weighted by Crippen LogP contribution is -2.48. The van der Waals surface area contributed by atoms with E-state index in [1.165, 1.54) is 5.56 Å². The third-order valence-corrected chi connectivity index (χ3v) is 7.15. The molecule has 1 aromatic carbocycles.